The fourth-order valence-corrected chi connectivity index (χ4v) is 1.55. The van der Waals surface area contributed by atoms with Crippen molar-refractivity contribution in [1.82, 2.24) is 5.32 Å². The minimum Gasteiger partial charge on any atom is -0.497 e. The minimum absolute atomic E-state index is 0.141. The molecule has 0 atom stereocenters. The molecule has 0 bridgehead atoms. The maximum absolute atomic E-state index is 11.7. The second kappa shape index (κ2) is 6.27. The number of rotatable bonds is 4. The summed E-state index contributed by atoms with van der Waals surface area (Å²) in [4.78, 5) is 11.7. The van der Waals surface area contributed by atoms with Gasteiger partial charge in [-0.3, -0.25) is 4.79 Å². The molecule has 0 radical (unpaired) electrons. The Hall–Kier alpha value is -1.97. The van der Waals surface area contributed by atoms with Gasteiger partial charge in [-0.15, -0.1) is 0 Å². The van der Waals surface area contributed by atoms with Gasteiger partial charge in [-0.25, -0.2) is 0 Å². The molecule has 1 N–H and O–H groups in total. The lowest BCUT2D eigenvalue weighted by Gasteiger charge is -2.19. The van der Waals surface area contributed by atoms with E-state index in [1.165, 1.54) is 6.08 Å². The Bertz CT molecular complexity index is 473. The van der Waals surface area contributed by atoms with Crippen molar-refractivity contribution in [2.75, 3.05) is 14.2 Å². The van der Waals surface area contributed by atoms with Crippen LogP contribution < -0.4 is 14.8 Å². The van der Waals surface area contributed by atoms with Gasteiger partial charge in [0.15, 0.2) is 0 Å². The van der Waals surface area contributed by atoms with Crippen molar-refractivity contribution in [2.24, 2.45) is 0 Å². The van der Waals surface area contributed by atoms with Crippen LogP contribution in [0.4, 0.5) is 0 Å². The Labute approximate surface area is 114 Å². The Balaban J connectivity index is 2.88. The van der Waals surface area contributed by atoms with Gasteiger partial charge < -0.3 is 14.8 Å². The molecule has 104 valence electrons. The van der Waals surface area contributed by atoms with Gasteiger partial charge in [0.2, 0.25) is 5.91 Å². The molecule has 0 spiro atoms. The van der Waals surface area contributed by atoms with Crippen molar-refractivity contribution in [2.45, 2.75) is 26.3 Å². The van der Waals surface area contributed by atoms with Crippen LogP contribution in [0.2, 0.25) is 0 Å². The van der Waals surface area contributed by atoms with E-state index >= 15 is 0 Å². The van der Waals surface area contributed by atoms with Gasteiger partial charge in [-0.1, -0.05) is 0 Å². The SMILES string of the molecule is COc1ccc(OC)c(C=CC(=O)NC(C)(C)C)c1. The van der Waals surface area contributed by atoms with E-state index in [9.17, 15) is 4.79 Å². The molecule has 19 heavy (non-hydrogen) atoms. The molecule has 0 heterocycles. The molecule has 0 aromatic heterocycles. The van der Waals surface area contributed by atoms with Crippen LogP contribution in [0.25, 0.3) is 6.08 Å². The number of nitrogens with one attached hydrogen (secondary N) is 1. The highest BCUT2D eigenvalue weighted by molar-refractivity contribution is 5.92. The highest BCUT2D eigenvalue weighted by Gasteiger charge is 2.11. The third-order valence-corrected chi connectivity index (χ3v) is 2.35. The van der Waals surface area contributed by atoms with Gasteiger partial charge in [0, 0.05) is 17.2 Å². The van der Waals surface area contributed by atoms with Gasteiger partial charge in [0.05, 0.1) is 14.2 Å². The topological polar surface area (TPSA) is 47.6 Å². The molecule has 4 nitrogen and oxygen atoms in total. The lowest BCUT2D eigenvalue weighted by atomic mass is 10.1. The fourth-order valence-electron chi connectivity index (χ4n) is 1.55. The summed E-state index contributed by atoms with van der Waals surface area (Å²) in [6.07, 6.45) is 3.20. The van der Waals surface area contributed by atoms with E-state index in [1.807, 2.05) is 32.9 Å². The lowest BCUT2D eigenvalue weighted by molar-refractivity contribution is -0.117. The Kier molecular flexibility index (Phi) is 4.98. The second-order valence-electron chi connectivity index (χ2n) is 5.18. The Morgan fingerprint density at radius 1 is 1.21 bits per heavy atom. The van der Waals surface area contributed by atoms with Crippen molar-refractivity contribution in [3.63, 3.8) is 0 Å². The number of hydrogen-bond donors (Lipinski definition) is 1. The van der Waals surface area contributed by atoms with Gasteiger partial charge in [-0.2, -0.15) is 0 Å². The molecule has 0 saturated carbocycles. The average Bonchev–Trinajstić information content (AvgIpc) is 2.33. The van der Waals surface area contributed by atoms with Crippen LogP contribution in [-0.2, 0) is 4.79 Å². The van der Waals surface area contributed by atoms with Crippen LogP contribution in [-0.4, -0.2) is 25.7 Å². The first-order valence-electron chi connectivity index (χ1n) is 6.08. The third kappa shape index (κ3) is 5.04. The van der Waals surface area contributed by atoms with Crippen LogP contribution in [0.5, 0.6) is 11.5 Å². The number of amides is 1. The molecule has 0 fully saturated rings. The largest absolute Gasteiger partial charge is 0.497 e. The van der Waals surface area contributed by atoms with Crippen LogP contribution in [0, 0.1) is 0 Å². The summed E-state index contributed by atoms with van der Waals surface area (Å²) in [5, 5.41) is 2.86. The zero-order chi connectivity index (χ0) is 14.5. The molecular weight excluding hydrogens is 242 g/mol. The molecule has 1 amide bonds. The van der Waals surface area contributed by atoms with Crippen molar-refractivity contribution in [3.05, 3.63) is 29.8 Å². The summed E-state index contributed by atoms with van der Waals surface area (Å²) < 4.78 is 10.4. The maximum Gasteiger partial charge on any atom is 0.244 e. The fraction of sp³-hybridized carbons (Fsp3) is 0.400. The van der Waals surface area contributed by atoms with E-state index in [1.54, 1.807) is 26.4 Å². The number of hydrogen-bond acceptors (Lipinski definition) is 3. The summed E-state index contributed by atoms with van der Waals surface area (Å²) in [5.41, 5.74) is 0.547. The normalized spacial score (nSPS) is 11.4. The van der Waals surface area contributed by atoms with Crippen molar-refractivity contribution < 1.29 is 14.3 Å². The highest BCUT2D eigenvalue weighted by Crippen LogP contribution is 2.24. The van der Waals surface area contributed by atoms with Crippen LogP contribution >= 0.6 is 0 Å². The molecule has 0 aliphatic rings. The first kappa shape index (κ1) is 15.1. The van der Waals surface area contributed by atoms with E-state index in [4.69, 9.17) is 9.47 Å². The van der Waals surface area contributed by atoms with Crippen LogP contribution in [0.15, 0.2) is 24.3 Å². The molecule has 1 aromatic rings. The number of benzene rings is 1. The molecule has 0 saturated heterocycles. The van der Waals surface area contributed by atoms with Crippen molar-refractivity contribution in [3.8, 4) is 11.5 Å². The van der Waals surface area contributed by atoms with Gasteiger partial charge >= 0.3 is 0 Å². The predicted octanol–water partition coefficient (Wildman–Crippen LogP) is 2.63. The molecule has 0 unspecified atom stereocenters. The molecule has 1 rings (SSSR count). The minimum atomic E-state index is -0.250. The van der Waals surface area contributed by atoms with Crippen LogP contribution in [0.3, 0.4) is 0 Å². The summed E-state index contributed by atoms with van der Waals surface area (Å²) >= 11 is 0. The maximum atomic E-state index is 11.7. The quantitative estimate of drug-likeness (QED) is 0.849. The predicted molar refractivity (Wildman–Crippen MR) is 76.5 cm³/mol. The third-order valence-electron chi connectivity index (χ3n) is 2.35. The molecule has 0 aliphatic heterocycles. The second-order valence-corrected chi connectivity index (χ2v) is 5.18. The number of ether oxygens (including phenoxy) is 2. The summed E-state index contributed by atoms with van der Waals surface area (Å²) in [7, 11) is 3.19. The first-order chi connectivity index (χ1) is 8.85. The van der Waals surface area contributed by atoms with E-state index in [-0.39, 0.29) is 11.4 Å². The molecule has 4 heteroatoms. The molecular formula is C15H21NO3. The van der Waals surface area contributed by atoms with E-state index < -0.39 is 0 Å². The van der Waals surface area contributed by atoms with E-state index in [0.717, 1.165) is 11.3 Å². The zero-order valence-electron chi connectivity index (χ0n) is 12.1. The van der Waals surface area contributed by atoms with Crippen molar-refractivity contribution >= 4 is 12.0 Å². The smallest absolute Gasteiger partial charge is 0.244 e. The Morgan fingerprint density at radius 2 is 1.89 bits per heavy atom. The standard InChI is InChI=1S/C15H21NO3/c1-15(2,3)16-14(17)9-6-11-10-12(18-4)7-8-13(11)19-5/h6-10H,1-5H3,(H,16,17). The summed E-state index contributed by atoms with van der Waals surface area (Å²) in [6.45, 7) is 5.81. The first-order valence-corrected chi connectivity index (χ1v) is 6.08. The summed E-state index contributed by atoms with van der Waals surface area (Å²) in [6, 6.07) is 5.44. The molecule has 1 aromatic carbocycles. The van der Waals surface area contributed by atoms with E-state index in [0.29, 0.717) is 5.75 Å². The number of carbonyl (C=O) groups excluding carboxylic acids is 1. The highest BCUT2D eigenvalue weighted by atomic mass is 16.5. The van der Waals surface area contributed by atoms with Gasteiger partial charge in [-0.05, 0) is 45.0 Å². The number of methoxy groups -OCH3 is 2. The number of carbonyl (C=O) groups is 1. The zero-order valence-corrected chi connectivity index (χ0v) is 12.1. The van der Waals surface area contributed by atoms with Gasteiger partial charge in [0.1, 0.15) is 11.5 Å². The van der Waals surface area contributed by atoms with Crippen LogP contribution in [0.1, 0.15) is 26.3 Å². The van der Waals surface area contributed by atoms with Crippen molar-refractivity contribution in [1.29, 1.82) is 0 Å². The summed E-state index contributed by atoms with van der Waals surface area (Å²) in [5.74, 6) is 1.27. The molecule has 0 aliphatic carbocycles. The lowest BCUT2D eigenvalue weighted by Crippen LogP contribution is -2.39. The monoisotopic (exact) mass is 263 g/mol. The Morgan fingerprint density at radius 3 is 2.42 bits per heavy atom. The van der Waals surface area contributed by atoms with Gasteiger partial charge in [0.25, 0.3) is 0 Å². The average molecular weight is 263 g/mol. The van der Waals surface area contributed by atoms with E-state index in [2.05, 4.69) is 5.32 Å².